The molecule has 1 fully saturated rings. The highest BCUT2D eigenvalue weighted by atomic mass is 32.2. The van der Waals surface area contributed by atoms with Crippen LogP contribution in [-0.4, -0.2) is 44.7 Å². The molecular formula is C17H24N4O3S. The van der Waals surface area contributed by atoms with E-state index >= 15 is 0 Å². The first-order valence-electron chi connectivity index (χ1n) is 8.45. The summed E-state index contributed by atoms with van der Waals surface area (Å²) in [7, 11) is 0. The smallest absolute Gasteiger partial charge is 0.230 e. The molecule has 1 aliphatic heterocycles. The third kappa shape index (κ3) is 4.85. The second-order valence-electron chi connectivity index (χ2n) is 7.12. The molecule has 0 spiro atoms. The van der Waals surface area contributed by atoms with Gasteiger partial charge in [0.05, 0.1) is 24.7 Å². The zero-order valence-electron chi connectivity index (χ0n) is 14.8. The fourth-order valence-electron chi connectivity index (χ4n) is 2.72. The van der Waals surface area contributed by atoms with E-state index in [2.05, 4.69) is 15.5 Å². The van der Waals surface area contributed by atoms with Crippen LogP contribution in [0.3, 0.4) is 0 Å². The predicted octanol–water partition coefficient (Wildman–Crippen LogP) is 2.72. The molecule has 2 aromatic heterocycles. The topological polar surface area (TPSA) is 82.2 Å². The summed E-state index contributed by atoms with van der Waals surface area (Å²) >= 11 is 1.38. The highest BCUT2D eigenvalue weighted by Gasteiger charge is 2.23. The largest absolute Gasteiger partial charge is 0.461 e. The van der Waals surface area contributed by atoms with E-state index in [9.17, 15) is 4.79 Å². The number of ether oxygens (including phenoxy) is 1. The summed E-state index contributed by atoms with van der Waals surface area (Å²) in [6.45, 7) is 7.34. The van der Waals surface area contributed by atoms with Crippen LogP contribution in [-0.2, 0) is 16.1 Å². The average molecular weight is 364 g/mol. The summed E-state index contributed by atoms with van der Waals surface area (Å²) in [5.41, 5.74) is -0.248. The molecule has 0 unspecified atom stereocenters. The minimum absolute atomic E-state index is 0.0243. The Kier molecular flexibility index (Phi) is 5.48. The van der Waals surface area contributed by atoms with Crippen LogP contribution in [0.15, 0.2) is 28.0 Å². The third-order valence-corrected chi connectivity index (χ3v) is 4.68. The van der Waals surface area contributed by atoms with E-state index < -0.39 is 0 Å². The van der Waals surface area contributed by atoms with Crippen LogP contribution in [0.1, 0.15) is 33.6 Å². The molecule has 2 aromatic rings. The molecule has 1 aliphatic rings. The van der Waals surface area contributed by atoms with Gasteiger partial charge in [-0.05, 0) is 45.7 Å². The van der Waals surface area contributed by atoms with E-state index in [1.54, 1.807) is 6.26 Å². The monoisotopic (exact) mass is 364 g/mol. The Labute approximate surface area is 151 Å². The molecule has 0 radical (unpaired) electrons. The lowest BCUT2D eigenvalue weighted by Crippen LogP contribution is -2.41. The highest BCUT2D eigenvalue weighted by molar-refractivity contribution is 7.99. The molecular weight excluding hydrogens is 340 g/mol. The second-order valence-corrected chi connectivity index (χ2v) is 8.06. The van der Waals surface area contributed by atoms with E-state index in [1.165, 1.54) is 11.8 Å². The minimum Gasteiger partial charge on any atom is -0.461 e. The summed E-state index contributed by atoms with van der Waals surface area (Å²) in [5.74, 6) is 1.60. The summed E-state index contributed by atoms with van der Waals surface area (Å²) in [6, 6.07) is 3.68. The van der Waals surface area contributed by atoms with E-state index in [1.807, 2.05) is 37.5 Å². The normalized spacial score (nSPS) is 17.8. The van der Waals surface area contributed by atoms with Crippen LogP contribution in [0, 0.1) is 0 Å². The van der Waals surface area contributed by atoms with Crippen molar-refractivity contribution in [2.45, 2.75) is 57.0 Å². The summed E-state index contributed by atoms with van der Waals surface area (Å²) in [5, 5.41) is 12.2. The van der Waals surface area contributed by atoms with Gasteiger partial charge in [0.1, 0.15) is 0 Å². The van der Waals surface area contributed by atoms with Crippen LogP contribution in [0.5, 0.6) is 0 Å². The predicted molar refractivity (Wildman–Crippen MR) is 95.3 cm³/mol. The number of furan rings is 1. The van der Waals surface area contributed by atoms with Gasteiger partial charge < -0.3 is 14.5 Å². The van der Waals surface area contributed by atoms with Gasteiger partial charge >= 0.3 is 0 Å². The molecule has 0 saturated carbocycles. The highest BCUT2D eigenvalue weighted by Crippen LogP contribution is 2.26. The molecule has 1 atom stereocenters. The van der Waals surface area contributed by atoms with Crippen molar-refractivity contribution in [2.75, 3.05) is 12.4 Å². The summed E-state index contributed by atoms with van der Waals surface area (Å²) in [6.07, 6.45) is 3.85. The van der Waals surface area contributed by atoms with Crippen molar-refractivity contribution in [1.29, 1.82) is 0 Å². The first kappa shape index (κ1) is 18.0. The van der Waals surface area contributed by atoms with Gasteiger partial charge in [0, 0.05) is 12.1 Å². The molecule has 1 saturated heterocycles. The Morgan fingerprint density at radius 3 is 2.92 bits per heavy atom. The zero-order chi connectivity index (χ0) is 17.9. The van der Waals surface area contributed by atoms with Crippen molar-refractivity contribution in [3.05, 3.63) is 18.4 Å². The van der Waals surface area contributed by atoms with Crippen molar-refractivity contribution in [1.82, 2.24) is 20.1 Å². The Morgan fingerprint density at radius 2 is 2.28 bits per heavy atom. The summed E-state index contributed by atoms with van der Waals surface area (Å²) < 4.78 is 13.2. The maximum Gasteiger partial charge on any atom is 0.230 e. The van der Waals surface area contributed by atoms with Crippen LogP contribution in [0.25, 0.3) is 11.6 Å². The van der Waals surface area contributed by atoms with Crippen LogP contribution >= 0.6 is 11.8 Å². The Morgan fingerprint density at radius 1 is 1.44 bits per heavy atom. The maximum absolute atomic E-state index is 12.1. The number of hydrogen-bond donors (Lipinski definition) is 1. The SMILES string of the molecule is CC(C)(C)NC(=O)CSc1nnc(-c2ccco2)n1C[C@@H]1CCCO1. The van der Waals surface area contributed by atoms with Gasteiger partial charge in [-0.25, -0.2) is 0 Å². The lowest BCUT2D eigenvalue weighted by molar-refractivity contribution is -0.119. The van der Waals surface area contributed by atoms with E-state index in [0.717, 1.165) is 19.4 Å². The number of thioether (sulfide) groups is 1. The number of aromatic nitrogens is 3. The molecule has 0 aliphatic carbocycles. The number of nitrogens with zero attached hydrogens (tertiary/aromatic N) is 3. The van der Waals surface area contributed by atoms with Gasteiger partial charge in [-0.15, -0.1) is 10.2 Å². The minimum atomic E-state index is -0.248. The number of amides is 1. The third-order valence-electron chi connectivity index (χ3n) is 3.72. The van der Waals surface area contributed by atoms with Crippen molar-refractivity contribution in [3.8, 4) is 11.6 Å². The lowest BCUT2D eigenvalue weighted by Gasteiger charge is -2.20. The van der Waals surface area contributed by atoms with Gasteiger partial charge in [0.25, 0.3) is 0 Å². The lowest BCUT2D eigenvalue weighted by atomic mass is 10.1. The van der Waals surface area contributed by atoms with Crippen molar-refractivity contribution in [3.63, 3.8) is 0 Å². The van der Waals surface area contributed by atoms with Crippen molar-refractivity contribution >= 4 is 17.7 Å². The fraction of sp³-hybridized carbons (Fsp3) is 0.588. The Hall–Kier alpha value is -1.80. The number of hydrogen-bond acceptors (Lipinski definition) is 6. The van der Waals surface area contributed by atoms with Gasteiger partial charge in [-0.2, -0.15) is 0 Å². The Bertz CT molecular complexity index is 700. The molecule has 3 heterocycles. The summed E-state index contributed by atoms with van der Waals surface area (Å²) in [4.78, 5) is 12.1. The molecule has 0 aromatic carbocycles. The van der Waals surface area contributed by atoms with Crippen LogP contribution in [0.4, 0.5) is 0 Å². The molecule has 136 valence electrons. The maximum atomic E-state index is 12.1. The average Bonchev–Trinajstić information content (AvgIpc) is 3.26. The zero-order valence-corrected chi connectivity index (χ0v) is 15.6. The van der Waals surface area contributed by atoms with Crippen molar-refractivity contribution < 1.29 is 13.9 Å². The number of nitrogens with one attached hydrogen (secondary N) is 1. The van der Waals surface area contributed by atoms with Crippen LogP contribution in [0.2, 0.25) is 0 Å². The fourth-order valence-corrected chi connectivity index (χ4v) is 3.47. The molecule has 1 N–H and O–H groups in total. The number of carbonyl (C=O) groups excluding carboxylic acids is 1. The van der Waals surface area contributed by atoms with Gasteiger partial charge in [-0.3, -0.25) is 9.36 Å². The molecule has 0 bridgehead atoms. The Balaban J connectivity index is 1.75. The van der Waals surface area contributed by atoms with Gasteiger partial charge in [0.15, 0.2) is 10.9 Å². The molecule has 7 nitrogen and oxygen atoms in total. The first-order chi connectivity index (χ1) is 11.9. The molecule has 1 amide bonds. The number of carbonyl (C=O) groups is 1. The molecule has 25 heavy (non-hydrogen) atoms. The first-order valence-corrected chi connectivity index (χ1v) is 9.43. The van der Waals surface area contributed by atoms with E-state index in [4.69, 9.17) is 9.15 Å². The second kappa shape index (κ2) is 7.61. The van der Waals surface area contributed by atoms with Crippen molar-refractivity contribution in [2.24, 2.45) is 0 Å². The molecule has 3 rings (SSSR count). The standard InChI is InChI=1S/C17H24N4O3S/c1-17(2,3)18-14(22)11-25-16-20-19-15(13-7-5-9-24-13)21(16)10-12-6-4-8-23-12/h5,7,9,12H,4,6,8,10-11H2,1-3H3,(H,18,22)/t12-/m0/s1. The van der Waals surface area contributed by atoms with E-state index in [0.29, 0.717) is 29.0 Å². The van der Waals surface area contributed by atoms with Gasteiger partial charge in [0.2, 0.25) is 11.7 Å². The number of rotatable bonds is 6. The van der Waals surface area contributed by atoms with E-state index in [-0.39, 0.29) is 17.6 Å². The molecule has 8 heteroatoms. The van der Waals surface area contributed by atoms with Crippen LogP contribution < -0.4 is 5.32 Å². The quantitative estimate of drug-likeness (QED) is 0.794. The van der Waals surface area contributed by atoms with Gasteiger partial charge in [-0.1, -0.05) is 11.8 Å².